The third-order valence-corrected chi connectivity index (χ3v) is 6.86. The molecule has 8 heteroatoms. The number of amides is 1. The minimum Gasteiger partial charge on any atom is -0.368 e. The second-order valence-corrected chi connectivity index (χ2v) is 9.13. The average Bonchev–Trinajstić information content (AvgIpc) is 2.83. The van der Waals surface area contributed by atoms with Crippen LogP contribution in [-0.4, -0.2) is 31.6 Å². The summed E-state index contributed by atoms with van der Waals surface area (Å²) >= 11 is 6.04. The van der Waals surface area contributed by atoms with Crippen LogP contribution in [-0.2, 0) is 17.4 Å². The number of carbonyl (C=O) groups excluding carboxylic acids is 1. The zero-order valence-electron chi connectivity index (χ0n) is 18.2. The van der Waals surface area contributed by atoms with E-state index < -0.39 is 17.7 Å². The first kappa shape index (κ1) is 22.6. The fourth-order valence-corrected chi connectivity index (χ4v) is 5.07. The van der Waals surface area contributed by atoms with Gasteiger partial charge in [0.1, 0.15) is 0 Å². The summed E-state index contributed by atoms with van der Waals surface area (Å²) in [6.07, 6.45) is -4.19. The predicted molar refractivity (Wildman–Crippen MR) is 129 cm³/mol. The van der Waals surface area contributed by atoms with Gasteiger partial charge < -0.3 is 15.1 Å². The van der Waals surface area contributed by atoms with Crippen molar-refractivity contribution in [3.8, 4) is 0 Å². The van der Waals surface area contributed by atoms with Crippen molar-refractivity contribution in [3.05, 3.63) is 88.9 Å². The van der Waals surface area contributed by atoms with Crippen LogP contribution in [0.15, 0.2) is 72.8 Å². The Balaban J connectivity index is 1.48. The smallest absolute Gasteiger partial charge is 0.368 e. The second kappa shape index (κ2) is 8.87. The third kappa shape index (κ3) is 4.44. The molecule has 1 amide bonds. The lowest BCUT2D eigenvalue weighted by Gasteiger charge is -2.49. The molecule has 176 valence electrons. The van der Waals surface area contributed by atoms with E-state index in [1.807, 2.05) is 42.5 Å². The average molecular weight is 486 g/mol. The van der Waals surface area contributed by atoms with Gasteiger partial charge in [0.2, 0.25) is 5.91 Å². The molecule has 34 heavy (non-hydrogen) atoms. The number of para-hydroxylation sites is 1. The molecule has 2 aliphatic rings. The summed E-state index contributed by atoms with van der Waals surface area (Å²) in [5.74, 6) is -0.700. The lowest BCUT2D eigenvalue weighted by Crippen LogP contribution is -2.60. The third-order valence-electron chi connectivity index (χ3n) is 6.61. The number of hydrogen-bond acceptors (Lipinski definition) is 3. The molecule has 0 aromatic heterocycles. The molecular weight excluding hydrogens is 463 g/mol. The van der Waals surface area contributed by atoms with Crippen molar-refractivity contribution in [2.24, 2.45) is 5.92 Å². The van der Waals surface area contributed by atoms with E-state index in [9.17, 15) is 18.0 Å². The summed E-state index contributed by atoms with van der Waals surface area (Å²) in [5, 5.41) is 3.61. The number of rotatable bonds is 3. The van der Waals surface area contributed by atoms with Gasteiger partial charge in [-0.2, -0.15) is 13.2 Å². The summed E-state index contributed by atoms with van der Waals surface area (Å²) in [6.45, 7) is 1.86. The summed E-state index contributed by atoms with van der Waals surface area (Å²) < 4.78 is 40.2. The van der Waals surface area contributed by atoms with Crippen LogP contribution in [0.4, 0.5) is 30.2 Å². The molecule has 5 rings (SSSR count). The molecule has 2 atom stereocenters. The van der Waals surface area contributed by atoms with E-state index >= 15 is 0 Å². The predicted octanol–water partition coefficient (Wildman–Crippen LogP) is 5.87. The van der Waals surface area contributed by atoms with Crippen LogP contribution in [0, 0.1) is 5.92 Å². The van der Waals surface area contributed by atoms with Gasteiger partial charge in [-0.05, 0) is 66.6 Å². The van der Waals surface area contributed by atoms with E-state index in [4.69, 9.17) is 11.6 Å². The minimum atomic E-state index is -4.43. The molecule has 0 spiro atoms. The van der Waals surface area contributed by atoms with Crippen LogP contribution < -0.4 is 15.1 Å². The normalized spacial score (nSPS) is 19.9. The van der Waals surface area contributed by atoms with Crippen molar-refractivity contribution in [1.82, 2.24) is 0 Å². The molecule has 0 unspecified atom stereocenters. The van der Waals surface area contributed by atoms with Gasteiger partial charge >= 0.3 is 6.18 Å². The Morgan fingerprint density at radius 3 is 2.41 bits per heavy atom. The van der Waals surface area contributed by atoms with Crippen molar-refractivity contribution < 1.29 is 18.0 Å². The van der Waals surface area contributed by atoms with Gasteiger partial charge in [-0.15, -0.1) is 0 Å². The molecule has 0 bridgehead atoms. The Kier molecular flexibility index (Phi) is 5.90. The number of halogens is 4. The van der Waals surface area contributed by atoms with Crippen molar-refractivity contribution in [2.45, 2.75) is 18.6 Å². The Labute approximate surface area is 200 Å². The molecule has 1 saturated heterocycles. The first-order valence-electron chi connectivity index (χ1n) is 11.1. The van der Waals surface area contributed by atoms with E-state index in [-0.39, 0.29) is 18.4 Å². The number of fused-ring (bicyclic) bond motifs is 3. The zero-order valence-corrected chi connectivity index (χ0v) is 19.0. The van der Waals surface area contributed by atoms with Crippen LogP contribution in [0.25, 0.3) is 0 Å². The van der Waals surface area contributed by atoms with E-state index in [0.717, 1.165) is 17.4 Å². The highest BCUT2D eigenvalue weighted by atomic mass is 35.5. The maximum atomic E-state index is 13.4. The van der Waals surface area contributed by atoms with Gasteiger partial charge in [0.25, 0.3) is 0 Å². The Bertz CT molecular complexity index is 1180. The van der Waals surface area contributed by atoms with Gasteiger partial charge in [-0.1, -0.05) is 29.8 Å². The fourth-order valence-electron chi connectivity index (χ4n) is 4.94. The molecule has 2 heterocycles. The van der Waals surface area contributed by atoms with Crippen molar-refractivity contribution in [1.29, 1.82) is 0 Å². The van der Waals surface area contributed by atoms with Gasteiger partial charge in [0.05, 0.1) is 17.5 Å². The van der Waals surface area contributed by atoms with Crippen LogP contribution in [0.3, 0.4) is 0 Å². The number of nitrogens with one attached hydrogen (secondary N) is 1. The fraction of sp³-hybridized carbons (Fsp3) is 0.269. The van der Waals surface area contributed by atoms with Gasteiger partial charge in [0, 0.05) is 41.7 Å². The topological polar surface area (TPSA) is 35.6 Å². The van der Waals surface area contributed by atoms with Crippen molar-refractivity contribution in [3.63, 3.8) is 0 Å². The summed E-state index contributed by atoms with van der Waals surface area (Å²) in [5.41, 5.74) is 2.31. The van der Waals surface area contributed by atoms with Crippen molar-refractivity contribution >= 4 is 34.6 Å². The highest BCUT2D eigenvalue weighted by Crippen LogP contribution is 2.40. The Morgan fingerprint density at radius 1 is 0.971 bits per heavy atom. The van der Waals surface area contributed by atoms with Gasteiger partial charge in [0.15, 0.2) is 0 Å². The SMILES string of the molecule is O=C(Nc1ccccc1)[C@H]1Cc2cc(C(F)(F)F)ccc2N2CCN(c3ccc(Cl)cc3)C[C@@H]12. The van der Waals surface area contributed by atoms with Crippen molar-refractivity contribution in [2.75, 3.05) is 34.8 Å². The lowest BCUT2D eigenvalue weighted by atomic mass is 9.82. The second-order valence-electron chi connectivity index (χ2n) is 8.69. The standard InChI is InChI=1S/C26H23ClF3N3O/c27-19-7-9-21(10-8-19)32-12-13-33-23-11-6-18(26(28,29)30)14-17(23)15-22(24(33)16-32)25(34)31-20-4-2-1-3-5-20/h1-11,14,22,24H,12-13,15-16H2,(H,31,34)/t22-,24-/m0/s1. The molecule has 4 nitrogen and oxygen atoms in total. The molecule has 0 aliphatic carbocycles. The van der Waals surface area contributed by atoms with Crippen LogP contribution in [0.5, 0.6) is 0 Å². The molecule has 0 radical (unpaired) electrons. The summed E-state index contributed by atoms with van der Waals surface area (Å²) in [4.78, 5) is 17.7. The summed E-state index contributed by atoms with van der Waals surface area (Å²) in [7, 11) is 0. The largest absolute Gasteiger partial charge is 0.416 e. The lowest BCUT2D eigenvalue weighted by molar-refractivity contribution is -0.137. The number of anilines is 3. The number of alkyl halides is 3. The Morgan fingerprint density at radius 2 is 1.71 bits per heavy atom. The van der Waals surface area contributed by atoms with Gasteiger partial charge in [-0.3, -0.25) is 4.79 Å². The first-order valence-corrected chi connectivity index (χ1v) is 11.5. The number of piperazine rings is 1. The number of carbonyl (C=O) groups is 1. The van der Waals surface area contributed by atoms with E-state index in [0.29, 0.717) is 35.9 Å². The van der Waals surface area contributed by atoms with E-state index in [1.54, 1.807) is 18.2 Å². The van der Waals surface area contributed by atoms with Crippen LogP contribution in [0.2, 0.25) is 5.02 Å². The van der Waals surface area contributed by atoms with Crippen LogP contribution in [0.1, 0.15) is 11.1 Å². The number of nitrogens with zero attached hydrogens (tertiary/aromatic N) is 2. The number of benzene rings is 3. The highest BCUT2D eigenvalue weighted by Gasteiger charge is 2.42. The number of hydrogen-bond donors (Lipinski definition) is 1. The maximum absolute atomic E-state index is 13.4. The molecule has 1 N–H and O–H groups in total. The highest BCUT2D eigenvalue weighted by molar-refractivity contribution is 6.30. The Hall–Kier alpha value is -3.19. The molecule has 0 saturated carbocycles. The van der Waals surface area contributed by atoms with Gasteiger partial charge in [-0.25, -0.2) is 0 Å². The van der Waals surface area contributed by atoms with E-state index in [2.05, 4.69) is 15.1 Å². The zero-order chi connectivity index (χ0) is 23.9. The molecule has 3 aromatic carbocycles. The summed E-state index contributed by atoms with van der Waals surface area (Å²) in [6, 6.07) is 20.4. The first-order chi connectivity index (χ1) is 16.3. The molecule has 2 aliphatic heterocycles. The molecular formula is C26H23ClF3N3O. The quantitative estimate of drug-likeness (QED) is 0.504. The maximum Gasteiger partial charge on any atom is 0.416 e. The van der Waals surface area contributed by atoms with Crippen LogP contribution >= 0.6 is 11.6 Å². The minimum absolute atomic E-state index is 0.183. The monoisotopic (exact) mass is 485 g/mol. The molecule has 1 fully saturated rings. The molecule has 3 aromatic rings. The van der Waals surface area contributed by atoms with E-state index in [1.165, 1.54) is 6.07 Å².